The molecule has 8 heteroatoms. The van der Waals surface area contributed by atoms with Gasteiger partial charge in [-0.15, -0.1) is 0 Å². The summed E-state index contributed by atoms with van der Waals surface area (Å²) in [7, 11) is -3.74. The normalized spacial score (nSPS) is 11.4. The molecule has 0 unspecified atom stereocenters. The van der Waals surface area contributed by atoms with Gasteiger partial charge in [-0.2, -0.15) is 0 Å². The zero-order chi connectivity index (χ0) is 13.3. The zero-order valence-corrected chi connectivity index (χ0v) is 11.1. The van der Waals surface area contributed by atoms with Crippen molar-refractivity contribution in [1.29, 1.82) is 0 Å². The third kappa shape index (κ3) is 2.54. The Balaban J connectivity index is 2.36. The molecule has 0 spiro atoms. The second-order valence-corrected chi connectivity index (χ2v) is 6.52. The van der Waals surface area contributed by atoms with E-state index in [1.807, 2.05) is 0 Å². The lowest BCUT2D eigenvalue weighted by Gasteiger charge is -2.06. The third-order valence-electron chi connectivity index (χ3n) is 2.19. The summed E-state index contributed by atoms with van der Waals surface area (Å²) in [4.78, 5) is 13.1. The Kier molecular flexibility index (Phi) is 3.14. The van der Waals surface area contributed by atoms with Crippen LogP contribution >= 0.6 is 11.3 Å². The Bertz CT molecular complexity index is 714. The number of hydrogen-bond donors (Lipinski definition) is 3. The van der Waals surface area contributed by atoms with E-state index in [2.05, 4.69) is 9.71 Å². The summed E-state index contributed by atoms with van der Waals surface area (Å²) < 4.78 is 26.4. The van der Waals surface area contributed by atoms with Gasteiger partial charge < -0.3 is 10.7 Å². The maximum absolute atomic E-state index is 12.0. The number of aromatic nitrogens is 1. The van der Waals surface area contributed by atoms with Gasteiger partial charge in [-0.1, -0.05) is 11.3 Å². The van der Waals surface area contributed by atoms with Crippen molar-refractivity contribution < 1.29 is 8.42 Å². The summed E-state index contributed by atoms with van der Waals surface area (Å²) in [6.07, 6.45) is 0. The Morgan fingerprint density at radius 2 is 1.89 bits per heavy atom. The minimum absolute atomic E-state index is 0.00988. The van der Waals surface area contributed by atoms with Gasteiger partial charge >= 0.3 is 4.87 Å². The van der Waals surface area contributed by atoms with E-state index in [9.17, 15) is 13.2 Å². The number of benzene rings is 1. The quantitative estimate of drug-likeness (QED) is 0.735. The van der Waals surface area contributed by atoms with Crippen molar-refractivity contribution in [3.05, 3.63) is 39.6 Å². The molecule has 0 atom stereocenters. The molecule has 0 aliphatic rings. The van der Waals surface area contributed by atoms with Crippen molar-refractivity contribution in [2.24, 2.45) is 0 Å². The highest BCUT2D eigenvalue weighted by molar-refractivity contribution is 7.94. The lowest BCUT2D eigenvalue weighted by molar-refractivity contribution is 0.602. The lowest BCUT2D eigenvalue weighted by atomic mass is 10.3. The van der Waals surface area contributed by atoms with E-state index >= 15 is 0 Å². The number of nitrogen functional groups attached to an aromatic ring is 1. The molecular formula is C10H11N3O3S2. The summed E-state index contributed by atoms with van der Waals surface area (Å²) >= 11 is 0.657. The van der Waals surface area contributed by atoms with E-state index in [0.29, 0.717) is 28.4 Å². The molecular weight excluding hydrogens is 274 g/mol. The summed E-state index contributed by atoms with van der Waals surface area (Å²) in [6, 6.07) is 6.28. The standard InChI is InChI=1S/C10H11N3O3S2/c1-6-9(17-10(14)12-6)18(15,16)13-8-4-2-7(11)3-5-8/h2-5,13H,11H2,1H3,(H,12,14). The van der Waals surface area contributed by atoms with E-state index in [-0.39, 0.29) is 4.21 Å². The highest BCUT2D eigenvalue weighted by Gasteiger charge is 2.20. The van der Waals surface area contributed by atoms with Crippen LogP contribution in [0.15, 0.2) is 33.3 Å². The van der Waals surface area contributed by atoms with Gasteiger partial charge in [0.05, 0.1) is 0 Å². The molecule has 1 aromatic carbocycles. The molecule has 0 aliphatic carbocycles. The number of rotatable bonds is 3. The minimum atomic E-state index is -3.74. The molecule has 0 radical (unpaired) electrons. The molecule has 6 nitrogen and oxygen atoms in total. The van der Waals surface area contributed by atoms with Crippen molar-refractivity contribution in [2.75, 3.05) is 10.5 Å². The van der Waals surface area contributed by atoms with Crippen molar-refractivity contribution in [2.45, 2.75) is 11.1 Å². The second kappa shape index (κ2) is 4.46. The number of aromatic amines is 1. The number of hydrogen-bond acceptors (Lipinski definition) is 5. The second-order valence-electron chi connectivity index (χ2n) is 3.65. The van der Waals surface area contributed by atoms with Gasteiger partial charge in [0.25, 0.3) is 10.0 Å². The summed E-state index contributed by atoms with van der Waals surface area (Å²) in [5.74, 6) is 0. The zero-order valence-electron chi connectivity index (χ0n) is 9.43. The highest BCUT2D eigenvalue weighted by atomic mass is 32.2. The molecule has 2 rings (SSSR count). The van der Waals surface area contributed by atoms with Crippen LogP contribution in [0, 0.1) is 6.92 Å². The first-order chi connectivity index (χ1) is 8.38. The van der Waals surface area contributed by atoms with Crippen LogP contribution in [-0.4, -0.2) is 13.4 Å². The van der Waals surface area contributed by atoms with E-state index in [1.54, 1.807) is 24.3 Å². The van der Waals surface area contributed by atoms with Crippen LogP contribution in [0.3, 0.4) is 0 Å². The van der Waals surface area contributed by atoms with E-state index in [1.165, 1.54) is 6.92 Å². The van der Waals surface area contributed by atoms with Crippen LogP contribution in [0.4, 0.5) is 11.4 Å². The van der Waals surface area contributed by atoms with E-state index in [4.69, 9.17) is 5.73 Å². The molecule has 0 bridgehead atoms. The van der Waals surface area contributed by atoms with Gasteiger partial charge in [0.2, 0.25) is 0 Å². The molecule has 4 N–H and O–H groups in total. The van der Waals surface area contributed by atoms with Crippen LogP contribution in [0.25, 0.3) is 0 Å². The Hall–Kier alpha value is -1.80. The van der Waals surface area contributed by atoms with Crippen molar-refractivity contribution in [3.8, 4) is 0 Å². The number of nitrogens with one attached hydrogen (secondary N) is 2. The lowest BCUT2D eigenvalue weighted by Crippen LogP contribution is -2.12. The minimum Gasteiger partial charge on any atom is -0.399 e. The van der Waals surface area contributed by atoms with Gasteiger partial charge in [0.1, 0.15) is 0 Å². The van der Waals surface area contributed by atoms with Gasteiger partial charge in [-0.25, -0.2) is 8.42 Å². The van der Waals surface area contributed by atoms with Crippen LogP contribution in [0.1, 0.15) is 5.69 Å². The summed E-state index contributed by atoms with van der Waals surface area (Å²) in [5, 5.41) is 0. The van der Waals surface area contributed by atoms with E-state index in [0.717, 1.165) is 0 Å². The average molecular weight is 285 g/mol. The first-order valence-corrected chi connectivity index (χ1v) is 7.26. The molecule has 0 fully saturated rings. The van der Waals surface area contributed by atoms with Gasteiger partial charge in [0, 0.05) is 17.1 Å². The molecule has 0 amide bonds. The van der Waals surface area contributed by atoms with Crippen molar-refractivity contribution >= 4 is 32.7 Å². The summed E-state index contributed by atoms with van der Waals surface area (Å²) in [6.45, 7) is 1.54. The summed E-state index contributed by atoms with van der Waals surface area (Å²) in [5.41, 5.74) is 6.77. The third-order valence-corrected chi connectivity index (χ3v) is 5.17. The maximum atomic E-state index is 12.0. The molecule has 0 saturated carbocycles. The molecule has 2 aromatic rings. The first-order valence-electron chi connectivity index (χ1n) is 4.96. The van der Waals surface area contributed by atoms with E-state index < -0.39 is 14.9 Å². The largest absolute Gasteiger partial charge is 0.399 e. The van der Waals surface area contributed by atoms with Gasteiger partial charge in [-0.05, 0) is 31.2 Å². The molecule has 0 aliphatic heterocycles. The van der Waals surface area contributed by atoms with Crippen LogP contribution in [-0.2, 0) is 10.0 Å². The Labute approximate surface area is 108 Å². The van der Waals surface area contributed by atoms with Gasteiger partial charge in [-0.3, -0.25) is 9.52 Å². The fraction of sp³-hybridized carbons (Fsp3) is 0.100. The predicted octanol–water partition coefficient (Wildman–Crippen LogP) is 1.13. The Morgan fingerprint density at radius 3 is 2.39 bits per heavy atom. The Morgan fingerprint density at radius 1 is 1.28 bits per heavy atom. The molecule has 96 valence electrons. The maximum Gasteiger partial charge on any atom is 0.306 e. The average Bonchev–Trinajstić information content (AvgIpc) is 2.62. The topological polar surface area (TPSA) is 105 Å². The SMILES string of the molecule is Cc1[nH]c(=O)sc1S(=O)(=O)Nc1ccc(N)cc1. The highest BCUT2D eigenvalue weighted by Crippen LogP contribution is 2.20. The number of anilines is 2. The predicted molar refractivity (Wildman–Crippen MR) is 71.3 cm³/mol. The number of aryl methyl sites for hydroxylation is 1. The van der Waals surface area contributed by atoms with Crippen LogP contribution < -0.4 is 15.3 Å². The van der Waals surface area contributed by atoms with Crippen LogP contribution in [0.5, 0.6) is 0 Å². The monoisotopic (exact) mass is 285 g/mol. The number of H-pyrrole nitrogens is 1. The fourth-order valence-electron chi connectivity index (χ4n) is 1.40. The van der Waals surface area contributed by atoms with Crippen molar-refractivity contribution in [1.82, 2.24) is 4.98 Å². The smallest absolute Gasteiger partial charge is 0.306 e. The molecule has 18 heavy (non-hydrogen) atoms. The van der Waals surface area contributed by atoms with Crippen LogP contribution in [0.2, 0.25) is 0 Å². The number of sulfonamides is 1. The van der Waals surface area contributed by atoms with Crippen molar-refractivity contribution in [3.63, 3.8) is 0 Å². The van der Waals surface area contributed by atoms with Gasteiger partial charge in [0.15, 0.2) is 4.21 Å². The first kappa shape index (κ1) is 12.7. The molecule has 1 aromatic heterocycles. The number of thiazole rings is 1. The number of nitrogens with two attached hydrogens (primary N) is 1. The fourth-order valence-corrected chi connectivity index (χ4v) is 3.76. The molecule has 0 saturated heterocycles. The molecule has 1 heterocycles.